The van der Waals surface area contributed by atoms with Gasteiger partial charge in [-0.2, -0.15) is 0 Å². The van der Waals surface area contributed by atoms with Crippen molar-refractivity contribution in [3.63, 3.8) is 0 Å². The molecule has 0 fully saturated rings. The molecule has 0 bridgehead atoms. The van der Waals surface area contributed by atoms with Crippen LogP contribution in [0, 0.1) is 5.82 Å². The Morgan fingerprint density at radius 2 is 2.12 bits per heavy atom. The molecular weight excluding hydrogens is 502 g/mol. The van der Waals surface area contributed by atoms with Crippen LogP contribution in [0.5, 0.6) is 0 Å². The van der Waals surface area contributed by atoms with Crippen LogP contribution in [0.25, 0.3) is 0 Å². The standard InChI is InChI=1S/C20H19ClFN3O4S.CH4.BHNS/c1-4-28-19(26)11(3)29-20(27)15-10(2)24-17(18-23-7-8-30-18)25-16(15)13-6-5-12(22)9-14(13)21;;1-2-3/h5-9,11,16H,4H2,1-3H3,(H,24,25);1H4;3H/t11-,16+;;/m1../s1. The van der Waals surface area contributed by atoms with Gasteiger partial charge >= 0.3 is 36.7 Å². The van der Waals surface area contributed by atoms with Crippen LogP contribution >= 0.6 is 35.8 Å². The number of hydrogen-bond donors (Lipinski definition) is 2. The summed E-state index contributed by atoms with van der Waals surface area (Å²) < 4.78 is 26.5. The predicted molar refractivity (Wildman–Crippen MR) is 135 cm³/mol. The van der Waals surface area contributed by atoms with Crippen LogP contribution in [-0.2, 0) is 19.1 Å². The van der Waals surface area contributed by atoms with Gasteiger partial charge in [0.1, 0.15) is 11.9 Å². The molecule has 1 aliphatic rings. The third kappa shape index (κ3) is 7.47. The molecule has 1 aromatic carbocycles. The Hall–Kier alpha value is -2.57. The number of amidine groups is 1. The van der Waals surface area contributed by atoms with Crippen molar-refractivity contribution in [2.75, 3.05) is 6.61 Å². The summed E-state index contributed by atoms with van der Waals surface area (Å²) in [6, 6.07) is 2.98. The van der Waals surface area contributed by atoms with Crippen LogP contribution in [0.4, 0.5) is 4.39 Å². The molecule has 2 atom stereocenters. The van der Waals surface area contributed by atoms with Crippen molar-refractivity contribution in [2.24, 2.45) is 9.29 Å². The zero-order valence-electron chi connectivity index (χ0n) is 17.9. The number of nitrogens with one attached hydrogen (secondary N) is 1. The first-order valence-electron chi connectivity index (χ1n) is 9.55. The van der Waals surface area contributed by atoms with Crippen molar-refractivity contribution in [1.29, 1.82) is 0 Å². The number of aromatic nitrogens is 1. The quantitative estimate of drug-likeness (QED) is 0.324. The summed E-state index contributed by atoms with van der Waals surface area (Å²) >= 11 is 10.8. The van der Waals surface area contributed by atoms with E-state index in [1.807, 2.05) is 0 Å². The van der Waals surface area contributed by atoms with Gasteiger partial charge < -0.3 is 14.8 Å². The zero-order valence-corrected chi connectivity index (χ0v) is 20.4. The van der Waals surface area contributed by atoms with E-state index in [4.69, 9.17) is 21.1 Å². The van der Waals surface area contributed by atoms with Gasteiger partial charge in [-0.05, 0) is 32.9 Å². The molecule has 181 valence electrons. The van der Waals surface area contributed by atoms with Crippen LogP contribution in [0.15, 0.2) is 50.3 Å². The van der Waals surface area contributed by atoms with E-state index in [9.17, 15) is 14.0 Å². The first-order chi connectivity index (χ1) is 15.7. The summed E-state index contributed by atoms with van der Waals surface area (Å²) in [7, 11) is 4.34. The Bertz CT molecular complexity index is 1080. The summed E-state index contributed by atoms with van der Waals surface area (Å²) in [6.07, 6.45) is 0.528. The van der Waals surface area contributed by atoms with Gasteiger partial charge in [0, 0.05) is 27.9 Å². The third-order valence-electron chi connectivity index (χ3n) is 4.26. The van der Waals surface area contributed by atoms with Crippen LogP contribution in [0.3, 0.4) is 0 Å². The number of hydrogen-bond acceptors (Lipinski definition) is 10. The van der Waals surface area contributed by atoms with E-state index in [0.29, 0.717) is 22.1 Å². The number of thiazole rings is 1. The number of aliphatic imine (C=N–C) groups is 1. The second-order valence-corrected chi connectivity index (χ2v) is 7.99. The van der Waals surface area contributed by atoms with Gasteiger partial charge in [0.05, 0.1) is 12.2 Å². The molecule has 0 aliphatic carbocycles. The van der Waals surface area contributed by atoms with Gasteiger partial charge in [-0.3, -0.25) is 4.99 Å². The SMILES string of the molecule is C.CCOC(=O)[C@@H](C)OC(=O)C1=C(C)NC(c2nccs2)=N[C@H]1c1ccc(F)cc1Cl.[B]=NS. The normalized spacial score (nSPS) is 15.4. The van der Waals surface area contributed by atoms with E-state index >= 15 is 0 Å². The van der Waals surface area contributed by atoms with E-state index < -0.39 is 29.9 Å². The van der Waals surface area contributed by atoms with Gasteiger partial charge in [0.15, 0.2) is 16.9 Å². The van der Waals surface area contributed by atoms with Crippen molar-refractivity contribution >= 4 is 61.2 Å². The monoisotopic (exact) mass is 525 g/mol. The molecule has 1 radical (unpaired) electrons. The van der Waals surface area contributed by atoms with Gasteiger partial charge in [-0.25, -0.2) is 19.0 Å². The first-order valence-corrected chi connectivity index (χ1v) is 11.2. The number of allylic oxidation sites excluding steroid dienone is 1. The van der Waals surface area contributed by atoms with Crippen molar-refractivity contribution in [3.8, 4) is 0 Å². The van der Waals surface area contributed by atoms with Crippen LogP contribution in [0.2, 0.25) is 5.02 Å². The Kier molecular flexibility index (Phi) is 12.1. The number of benzene rings is 1. The predicted octanol–water partition coefficient (Wildman–Crippen LogP) is 4.61. The van der Waals surface area contributed by atoms with E-state index in [2.05, 4.69) is 40.0 Å². The van der Waals surface area contributed by atoms with E-state index in [-0.39, 0.29) is 24.6 Å². The number of rotatable bonds is 6. The van der Waals surface area contributed by atoms with E-state index in [1.165, 1.54) is 30.4 Å². The fourth-order valence-corrected chi connectivity index (χ4v) is 3.73. The topological polar surface area (TPSA) is 102 Å². The summed E-state index contributed by atoms with van der Waals surface area (Å²) in [4.78, 5) is 33.7. The van der Waals surface area contributed by atoms with Gasteiger partial charge in [0.2, 0.25) is 0 Å². The molecule has 2 aromatic rings. The molecule has 0 saturated carbocycles. The van der Waals surface area contributed by atoms with Crippen LogP contribution in [0.1, 0.15) is 44.8 Å². The Balaban J connectivity index is 0.00000137. The second kappa shape index (κ2) is 14.0. The molecule has 13 heteroatoms. The number of nitrogens with zero attached hydrogens (tertiary/aromatic N) is 3. The minimum atomic E-state index is -1.11. The fraction of sp³-hybridized carbons (Fsp3) is 0.333. The molecule has 1 N–H and O–H groups in total. The number of halogens is 2. The third-order valence-corrected chi connectivity index (χ3v) is 5.36. The molecule has 2 heterocycles. The number of carbonyl (C=O) groups is 2. The van der Waals surface area contributed by atoms with Crippen molar-refractivity contribution in [1.82, 2.24) is 10.3 Å². The van der Waals surface area contributed by atoms with Crippen LogP contribution < -0.4 is 5.32 Å². The van der Waals surface area contributed by atoms with Crippen molar-refractivity contribution in [2.45, 2.75) is 40.3 Å². The maximum absolute atomic E-state index is 13.6. The Labute approximate surface area is 213 Å². The summed E-state index contributed by atoms with van der Waals surface area (Å²) in [6.45, 7) is 4.93. The zero-order chi connectivity index (χ0) is 24.5. The van der Waals surface area contributed by atoms with E-state index in [0.717, 1.165) is 6.07 Å². The van der Waals surface area contributed by atoms with Gasteiger partial charge in [-0.1, -0.05) is 25.1 Å². The molecule has 0 amide bonds. The number of esters is 2. The summed E-state index contributed by atoms with van der Waals surface area (Å²) in [5, 5.41) is 5.57. The molecule has 1 aromatic heterocycles. The van der Waals surface area contributed by atoms with Gasteiger partial charge in [0.25, 0.3) is 0 Å². The summed E-state index contributed by atoms with van der Waals surface area (Å²) in [5.41, 5.74) is 1.03. The molecule has 3 rings (SSSR count). The molecule has 0 unspecified atom stereocenters. The molecule has 34 heavy (non-hydrogen) atoms. The Morgan fingerprint density at radius 3 is 2.68 bits per heavy atom. The second-order valence-electron chi connectivity index (χ2n) is 6.46. The van der Waals surface area contributed by atoms with Crippen molar-refractivity contribution in [3.05, 3.63) is 62.5 Å². The molecule has 0 spiro atoms. The maximum atomic E-state index is 13.6. The number of carbonyl (C=O) groups excluding carboxylic acids is 2. The van der Waals surface area contributed by atoms with Crippen LogP contribution in [-0.4, -0.2) is 43.1 Å². The van der Waals surface area contributed by atoms with Gasteiger partial charge in [-0.15, -0.1) is 11.3 Å². The van der Waals surface area contributed by atoms with Crippen molar-refractivity contribution < 1.29 is 23.5 Å². The number of thiol groups is 1. The molecule has 8 nitrogen and oxygen atoms in total. The average Bonchev–Trinajstić information content (AvgIpc) is 3.29. The number of ether oxygens (including phenoxy) is 2. The molecular formula is C21H24BClFN4O4S2. The van der Waals surface area contributed by atoms with E-state index in [1.54, 1.807) is 25.4 Å². The average molecular weight is 526 g/mol. The fourth-order valence-electron chi connectivity index (χ4n) is 2.87. The summed E-state index contributed by atoms with van der Waals surface area (Å²) in [5.74, 6) is -1.48. The first kappa shape index (κ1) is 29.5. The minimum absolute atomic E-state index is 0. The molecule has 0 saturated heterocycles. The Morgan fingerprint density at radius 1 is 1.44 bits per heavy atom. The molecule has 1 aliphatic heterocycles.